The van der Waals surface area contributed by atoms with Crippen molar-refractivity contribution in [2.24, 2.45) is 5.92 Å². The van der Waals surface area contributed by atoms with E-state index in [1.165, 1.54) is 11.1 Å². The van der Waals surface area contributed by atoms with Crippen LogP contribution in [0.3, 0.4) is 0 Å². The van der Waals surface area contributed by atoms with Crippen molar-refractivity contribution in [3.05, 3.63) is 52.4 Å². The van der Waals surface area contributed by atoms with Gasteiger partial charge in [0.1, 0.15) is 0 Å². The Morgan fingerprint density at radius 2 is 2.13 bits per heavy atom. The van der Waals surface area contributed by atoms with Crippen LogP contribution in [0.2, 0.25) is 0 Å². The zero-order valence-corrected chi connectivity index (χ0v) is 8.91. The highest BCUT2D eigenvalue weighted by Crippen LogP contribution is 2.50. The highest BCUT2D eigenvalue weighted by Gasteiger charge is 2.31. The lowest BCUT2D eigenvalue weighted by Gasteiger charge is -2.22. The molecule has 0 spiro atoms. The van der Waals surface area contributed by atoms with Crippen LogP contribution in [0, 0.1) is 5.92 Å². The number of carbonyl (C=O) groups excluding carboxylic acids is 1. The minimum absolute atomic E-state index is 0.394. The van der Waals surface area contributed by atoms with Crippen LogP contribution in [-0.4, -0.2) is 6.29 Å². The summed E-state index contributed by atoms with van der Waals surface area (Å²) in [5, 5.41) is 0.409. The second kappa shape index (κ2) is 3.38. The average molecular weight is 214 g/mol. The van der Waals surface area contributed by atoms with Crippen molar-refractivity contribution in [2.45, 2.75) is 5.25 Å². The maximum absolute atomic E-state index is 10.7. The minimum atomic E-state index is 0.394. The molecule has 1 aliphatic carbocycles. The van der Waals surface area contributed by atoms with Crippen molar-refractivity contribution in [1.82, 2.24) is 0 Å². The summed E-state index contributed by atoms with van der Waals surface area (Å²) in [6, 6.07) is 8.40. The van der Waals surface area contributed by atoms with Crippen LogP contribution in [0.1, 0.15) is 16.4 Å². The van der Waals surface area contributed by atoms with Gasteiger partial charge >= 0.3 is 0 Å². The molecule has 2 unspecified atom stereocenters. The van der Waals surface area contributed by atoms with Gasteiger partial charge in [-0.05, 0) is 11.1 Å². The average Bonchev–Trinajstić information content (AvgIpc) is 2.72. The molecule has 0 radical (unpaired) electrons. The first-order valence-corrected chi connectivity index (χ1v) is 5.87. The topological polar surface area (TPSA) is 17.1 Å². The van der Waals surface area contributed by atoms with Gasteiger partial charge in [0, 0.05) is 16.1 Å². The van der Waals surface area contributed by atoms with Crippen molar-refractivity contribution in [3.63, 3.8) is 0 Å². The van der Waals surface area contributed by atoms with Crippen LogP contribution < -0.4 is 0 Å². The summed E-state index contributed by atoms with van der Waals surface area (Å²) < 4.78 is 0. The van der Waals surface area contributed by atoms with Crippen LogP contribution >= 0.6 is 11.8 Å². The number of thioether (sulfide) groups is 1. The van der Waals surface area contributed by atoms with Gasteiger partial charge in [0.2, 0.25) is 0 Å². The summed E-state index contributed by atoms with van der Waals surface area (Å²) in [6.45, 7) is 0. The number of rotatable bonds is 1. The van der Waals surface area contributed by atoms with E-state index in [0.717, 1.165) is 11.2 Å². The molecule has 0 bridgehead atoms. The Balaban J connectivity index is 2.06. The first kappa shape index (κ1) is 8.98. The molecule has 0 fully saturated rings. The quantitative estimate of drug-likeness (QED) is 0.668. The van der Waals surface area contributed by atoms with Gasteiger partial charge in [0.15, 0.2) is 6.29 Å². The predicted octanol–water partition coefficient (Wildman–Crippen LogP) is 3.20. The molecule has 0 amide bonds. The van der Waals surface area contributed by atoms with Crippen LogP contribution in [0.15, 0.2) is 41.3 Å². The Hall–Kier alpha value is -1.28. The summed E-state index contributed by atoms with van der Waals surface area (Å²) in [5.74, 6) is 0.394. The van der Waals surface area contributed by atoms with Crippen LogP contribution in [0.4, 0.5) is 0 Å². The lowest BCUT2D eigenvalue weighted by Crippen LogP contribution is -2.06. The third-order valence-corrected chi connectivity index (χ3v) is 4.21. The molecular weight excluding hydrogens is 204 g/mol. The molecule has 1 aliphatic heterocycles. The molecule has 0 saturated heterocycles. The van der Waals surface area contributed by atoms with E-state index in [9.17, 15) is 4.79 Å². The summed E-state index contributed by atoms with van der Waals surface area (Å²) in [6.07, 6.45) is 7.37. The number of benzene rings is 1. The molecule has 2 aliphatic rings. The Morgan fingerprint density at radius 1 is 1.27 bits per heavy atom. The minimum Gasteiger partial charge on any atom is -0.297 e. The van der Waals surface area contributed by atoms with Gasteiger partial charge in [-0.25, -0.2) is 0 Å². The van der Waals surface area contributed by atoms with Gasteiger partial charge in [0.25, 0.3) is 0 Å². The fraction of sp³-hybridized carbons (Fsp3) is 0.154. The van der Waals surface area contributed by atoms with E-state index in [1.54, 1.807) is 11.8 Å². The van der Waals surface area contributed by atoms with E-state index in [1.807, 2.05) is 0 Å². The third kappa shape index (κ3) is 1.37. The zero-order chi connectivity index (χ0) is 10.3. The number of aldehydes is 1. The Labute approximate surface area is 92.9 Å². The van der Waals surface area contributed by atoms with Gasteiger partial charge in [-0.15, -0.1) is 11.8 Å². The van der Waals surface area contributed by atoms with Crippen molar-refractivity contribution < 1.29 is 4.79 Å². The summed E-state index contributed by atoms with van der Waals surface area (Å²) in [7, 11) is 0. The fourth-order valence-electron chi connectivity index (χ4n) is 2.17. The van der Waals surface area contributed by atoms with Crippen LogP contribution in [0.5, 0.6) is 0 Å². The number of hydrogen-bond acceptors (Lipinski definition) is 2. The molecule has 2 heteroatoms. The lowest BCUT2D eigenvalue weighted by molar-refractivity contribution is -0.104. The van der Waals surface area contributed by atoms with E-state index in [2.05, 4.69) is 42.5 Å². The molecule has 1 heterocycles. The van der Waals surface area contributed by atoms with Crippen molar-refractivity contribution in [3.8, 4) is 0 Å². The summed E-state index contributed by atoms with van der Waals surface area (Å²) >= 11 is 1.68. The molecule has 3 rings (SSSR count). The van der Waals surface area contributed by atoms with E-state index in [-0.39, 0.29) is 0 Å². The standard InChI is InChI=1S/C13H10OS/c14-8-11-7-10-6-5-9-3-1-2-4-12(9)13(10)15-11/h1-8,10,13H. The van der Waals surface area contributed by atoms with Crippen molar-refractivity contribution in [2.75, 3.05) is 0 Å². The van der Waals surface area contributed by atoms with Crippen molar-refractivity contribution in [1.29, 1.82) is 0 Å². The Bertz CT molecular complexity index is 473. The number of hydrogen-bond donors (Lipinski definition) is 0. The molecule has 0 saturated carbocycles. The van der Waals surface area contributed by atoms with Crippen LogP contribution in [-0.2, 0) is 4.79 Å². The highest BCUT2D eigenvalue weighted by atomic mass is 32.2. The second-order valence-electron chi connectivity index (χ2n) is 3.79. The van der Waals surface area contributed by atoms with E-state index in [4.69, 9.17) is 0 Å². The largest absolute Gasteiger partial charge is 0.297 e. The summed E-state index contributed by atoms with van der Waals surface area (Å²) in [5.41, 5.74) is 2.63. The predicted molar refractivity (Wildman–Crippen MR) is 63.4 cm³/mol. The maximum atomic E-state index is 10.7. The smallest absolute Gasteiger partial charge is 0.156 e. The van der Waals surface area contributed by atoms with E-state index >= 15 is 0 Å². The van der Waals surface area contributed by atoms with Crippen LogP contribution in [0.25, 0.3) is 6.08 Å². The number of fused-ring (bicyclic) bond motifs is 3. The first-order chi connectivity index (χ1) is 7.38. The molecule has 1 aromatic carbocycles. The molecule has 0 aromatic heterocycles. The monoisotopic (exact) mass is 214 g/mol. The molecule has 1 nitrogen and oxygen atoms in total. The SMILES string of the molecule is O=CC1=CC2C=Cc3ccccc3C2S1. The van der Waals surface area contributed by atoms with Crippen molar-refractivity contribution >= 4 is 24.1 Å². The summed E-state index contributed by atoms with van der Waals surface area (Å²) in [4.78, 5) is 11.6. The number of carbonyl (C=O) groups is 1. The normalized spacial score (nSPS) is 26.8. The van der Waals surface area contributed by atoms with E-state index < -0.39 is 0 Å². The van der Waals surface area contributed by atoms with Gasteiger partial charge in [0.05, 0.1) is 0 Å². The van der Waals surface area contributed by atoms with Gasteiger partial charge in [-0.2, -0.15) is 0 Å². The highest BCUT2D eigenvalue weighted by molar-refractivity contribution is 8.04. The molecule has 0 N–H and O–H groups in total. The maximum Gasteiger partial charge on any atom is 0.156 e. The molecule has 15 heavy (non-hydrogen) atoms. The second-order valence-corrected chi connectivity index (χ2v) is 5.01. The lowest BCUT2D eigenvalue weighted by atomic mass is 9.89. The zero-order valence-electron chi connectivity index (χ0n) is 8.09. The molecule has 1 aromatic rings. The Morgan fingerprint density at radius 3 is 3.00 bits per heavy atom. The Kier molecular flexibility index (Phi) is 2.03. The first-order valence-electron chi connectivity index (χ1n) is 4.99. The number of allylic oxidation sites excluding steroid dienone is 3. The molecular formula is C13H10OS. The van der Waals surface area contributed by atoms with Gasteiger partial charge < -0.3 is 0 Å². The van der Waals surface area contributed by atoms with E-state index in [0.29, 0.717) is 11.2 Å². The van der Waals surface area contributed by atoms with Gasteiger partial charge in [-0.1, -0.05) is 42.5 Å². The fourth-order valence-corrected chi connectivity index (χ4v) is 3.42. The van der Waals surface area contributed by atoms with Gasteiger partial charge in [-0.3, -0.25) is 4.79 Å². The molecule has 74 valence electrons. The molecule has 2 atom stereocenters. The third-order valence-electron chi connectivity index (χ3n) is 2.89.